The summed E-state index contributed by atoms with van der Waals surface area (Å²) in [4.78, 5) is 49.1. The van der Waals surface area contributed by atoms with Gasteiger partial charge < -0.3 is 4.90 Å². The number of para-hydroxylation sites is 1. The number of aromatic nitrogens is 4. The predicted octanol–water partition coefficient (Wildman–Crippen LogP) is 1.59. The summed E-state index contributed by atoms with van der Waals surface area (Å²) < 4.78 is 2.44. The smallest absolute Gasteiger partial charge is 0.311 e. The maximum atomic E-state index is 12.9. The van der Waals surface area contributed by atoms with E-state index in [1.807, 2.05) is 24.3 Å². The average Bonchev–Trinajstić information content (AvgIpc) is 3.52. The van der Waals surface area contributed by atoms with Crippen molar-refractivity contribution in [3.05, 3.63) is 56.5 Å². The zero-order chi connectivity index (χ0) is 21.0. The van der Waals surface area contributed by atoms with Crippen molar-refractivity contribution >= 4 is 34.4 Å². The van der Waals surface area contributed by atoms with Crippen LogP contribution in [0.25, 0.3) is 11.0 Å². The summed E-state index contributed by atoms with van der Waals surface area (Å²) in [5.41, 5.74) is 1.60. The van der Waals surface area contributed by atoms with Crippen LogP contribution in [0.2, 0.25) is 0 Å². The predicted molar refractivity (Wildman–Crippen MR) is 115 cm³/mol. The van der Waals surface area contributed by atoms with Crippen LogP contribution in [0.5, 0.6) is 0 Å². The summed E-state index contributed by atoms with van der Waals surface area (Å²) in [7, 11) is 3.05. The quantitative estimate of drug-likeness (QED) is 0.468. The van der Waals surface area contributed by atoms with Gasteiger partial charge in [0.1, 0.15) is 16.2 Å². The number of aryl methyl sites for hydroxylation is 1. The lowest BCUT2D eigenvalue weighted by Crippen LogP contribution is -2.38. The van der Waals surface area contributed by atoms with E-state index in [0.717, 1.165) is 29.5 Å². The van der Waals surface area contributed by atoms with Crippen LogP contribution in [0.4, 0.5) is 5.69 Å². The highest BCUT2D eigenvalue weighted by molar-refractivity contribution is 8.00. The van der Waals surface area contributed by atoms with E-state index >= 15 is 0 Å². The largest absolute Gasteiger partial charge is 0.332 e. The van der Waals surface area contributed by atoms with Crippen molar-refractivity contribution in [3.8, 4) is 0 Å². The number of carbonyl (C=O) groups excluding carboxylic acids is 1. The number of rotatable bonds is 4. The standard InChI is InChI=1S/C21H21N5O3S/c1-24-18-16(20(28)25(2)21(24)29)19(23-17(22-18)13-7-8-13)30-11-15(27)26-10-9-12-5-3-4-6-14(12)26/h3-6,13H,7-11H2,1-2H3. The Kier molecular flexibility index (Phi) is 4.50. The Morgan fingerprint density at radius 1 is 1.13 bits per heavy atom. The van der Waals surface area contributed by atoms with E-state index in [4.69, 9.17) is 0 Å². The number of amides is 1. The van der Waals surface area contributed by atoms with Gasteiger partial charge in [0.05, 0.1) is 5.75 Å². The van der Waals surface area contributed by atoms with Gasteiger partial charge in [-0.2, -0.15) is 0 Å². The van der Waals surface area contributed by atoms with Crippen LogP contribution >= 0.6 is 11.8 Å². The molecule has 5 rings (SSSR count). The Morgan fingerprint density at radius 2 is 1.90 bits per heavy atom. The third-order valence-corrected chi connectivity index (χ3v) is 6.71. The summed E-state index contributed by atoms with van der Waals surface area (Å²) >= 11 is 1.25. The fraction of sp³-hybridized carbons (Fsp3) is 0.381. The molecule has 30 heavy (non-hydrogen) atoms. The van der Waals surface area contributed by atoms with E-state index < -0.39 is 11.2 Å². The van der Waals surface area contributed by atoms with Gasteiger partial charge in [-0.25, -0.2) is 14.8 Å². The molecule has 0 bridgehead atoms. The second kappa shape index (κ2) is 7.09. The van der Waals surface area contributed by atoms with Gasteiger partial charge in [0, 0.05) is 32.2 Å². The van der Waals surface area contributed by atoms with Gasteiger partial charge in [0.25, 0.3) is 5.56 Å². The minimum atomic E-state index is -0.433. The number of fused-ring (bicyclic) bond motifs is 2. The van der Waals surface area contributed by atoms with E-state index in [-0.39, 0.29) is 17.6 Å². The van der Waals surface area contributed by atoms with Crippen molar-refractivity contribution in [2.24, 2.45) is 14.1 Å². The monoisotopic (exact) mass is 423 g/mol. The second-order valence-corrected chi connectivity index (χ2v) is 8.74. The topological polar surface area (TPSA) is 90.1 Å². The molecular formula is C21H21N5O3S. The van der Waals surface area contributed by atoms with Crippen molar-refractivity contribution in [1.82, 2.24) is 19.1 Å². The molecule has 8 nitrogen and oxygen atoms in total. The third kappa shape index (κ3) is 3.04. The van der Waals surface area contributed by atoms with Crippen LogP contribution in [0, 0.1) is 0 Å². The van der Waals surface area contributed by atoms with Crippen LogP contribution in [0.15, 0.2) is 38.9 Å². The third-order valence-electron chi connectivity index (χ3n) is 5.75. The van der Waals surface area contributed by atoms with Crippen molar-refractivity contribution in [2.75, 3.05) is 17.2 Å². The van der Waals surface area contributed by atoms with Crippen LogP contribution in [0.1, 0.15) is 30.1 Å². The number of carbonyl (C=O) groups is 1. The molecule has 0 N–H and O–H groups in total. The summed E-state index contributed by atoms with van der Waals surface area (Å²) in [5, 5.41) is 0.766. The number of benzene rings is 1. The van der Waals surface area contributed by atoms with Crippen molar-refractivity contribution in [3.63, 3.8) is 0 Å². The minimum absolute atomic E-state index is 0.0219. The van der Waals surface area contributed by atoms with Crippen LogP contribution < -0.4 is 16.1 Å². The lowest BCUT2D eigenvalue weighted by molar-refractivity contribution is -0.116. The number of nitrogens with zero attached hydrogens (tertiary/aromatic N) is 5. The summed E-state index contributed by atoms with van der Waals surface area (Å²) in [5.74, 6) is 1.05. The van der Waals surface area contributed by atoms with Gasteiger partial charge in [-0.05, 0) is 30.9 Å². The molecule has 0 unspecified atom stereocenters. The summed E-state index contributed by atoms with van der Waals surface area (Å²) in [6, 6.07) is 7.91. The molecule has 9 heteroatoms. The number of hydrogen-bond donors (Lipinski definition) is 0. The maximum Gasteiger partial charge on any atom is 0.332 e. The minimum Gasteiger partial charge on any atom is -0.311 e. The number of anilines is 1. The molecule has 1 aromatic carbocycles. The fourth-order valence-corrected chi connectivity index (χ4v) is 4.78. The van der Waals surface area contributed by atoms with Crippen molar-refractivity contribution in [2.45, 2.75) is 30.2 Å². The summed E-state index contributed by atoms with van der Waals surface area (Å²) in [6.07, 6.45) is 2.84. The van der Waals surface area contributed by atoms with E-state index in [9.17, 15) is 14.4 Å². The SMILES string of the molecule is Cn1c(=O)c2c(SCC(=O)N3CCc4ccccc43)nc(C3CC3)nc2n(C)c1=O. The van der Waals surface area contributed by atoms with E-state index in [0.29, 0.717) is 28.4 Å². The van der Waals surface area contributed by atoms with Gasteiger partial charge in [-0.1, -0.05) is 30.0 Å². The zero-order valence-corrected chi connectivity index (χ0v) is 17.6. The average molecular weight is 423 g/mol. The first-order valence-electron chi connectivity index (χ1n) is 9.94. The molecule has 0 radical (unpaired) electrons. The molecular weight excluding hydrogens is 402 g/mol. The van der Waals surface area contributed by atoms with Gasteiger partial charge in [0.15, 0.2) is 5.65 Å². The molecule has 2 aliphatic rings. The highest BCUT2D eigenvalue weighted by Crippen LogP contribution is 2.39. The summed E-state index contributed by atoms with van der Waals surface area (Å²) in [6.45, 7) is 0.660. The normalized spacial score (nSPS) is 15.6. The first-order valence-corrected chi connectivity index (χ1v) is 10.9. The maximum absolute atomic E-state index is 12.9. The van der Waals surface area contributed by atoms with Crippen LogP contribution in [-0.2, 0) is 25.3 Å². The second-order valence-electron chi connectivity index (χ2n) is 7.78. The molecule has 154 valence electrons. The van der Waals surface area contributed by atoms with E-state index in [1.54, 1.807) is 11.9 Å². The zero-order valence-electron chi connectivity index (χ0n) is 16.8. The lowest BCUT2D eigenvalue weighted by atomic mass is 10.2. The molecule has 2 aromatic heterocycles. The van der Waals surface area contributed by atoms with Gasteiger partial charge in [-0.15, -0.1) is 0 Å². The molecule has 0 spiro atoms. The highest BCUT2D eigenvalue weighted by atomic mass is 32.2. The Balaban J connectivity index is 1.52. The molecule has 1 fully saturated rings. The Hall–Kier alpha value is -2.94. The Morgan fingerprint density at radius 3 is 2.67 bits per heavy atom. The van der Waals surface area contributed by atoms with Gasteiger partial charge in [-0.3, -0.25) is 18.7 Å². The number of hydrogen-bond acceptors (Lipinski definition) is 6. The molecule has 1 amide bonds. The molecule has 3 aromatic rings. The van der Waals surface area contributed by atoms with Gasteiger partial charge >= 0.3 is 5.69 Å². The van der Waals surface area contributed by atoms with Crippen LogP contribution in [0.3, 0.4) is 0 Å². The lowest BCUT2D eigenvalue weighted by Gasteiger charge is -2.17. The molecule has 0 saturated heterocycles. The Bertz CT molecular complexity index is 1310. The molecule has 3 heterocycles. The molecule has 0 atom stereocenters. The number of thioether (sulfide) groups is 1. The molecule has 1 aliphatic carbocycles. The van der Waals surface area contributed by atoms with E-state index in [1.165, 1.54) is 28.9 Å². The van der Waals surface area contributed by atoms with Crippen molar-refractivity contribution < 1.29 is 4.79 Å². The van der Waals surface area contributed by atoms with Crippen LogP contribution in [-0.4, -0.2) is 37.3 Å². The van der Waals surface area contributed by atoms with E-state index in [2.05, 4.69) is 9.97 Å². The van der Waals surface area contributed by atoms with Crippen molar-refractivity contribution in [1.29, 1.82) is 0 Å². The molecule has 1 aliphatic heterocycles. The first-order chi connectivity index (χ1) is 14.5. The Labute approximate surface area is 176 Å². The highest BCUT2D eigenvalue weighted by Gasteiger charge is 2.30. The van der Waals surface area contributed by atoms with Gasteiger partial charge in [0.2, 0.25) is 5.91 Å². The molecule has 1 saturated carbocycles. The first kappa shape index (κ1) is 19.0. The fourth-order valence-electron chi connectivity index (χ4n) is 3.88.